The summed E-state index contributed by atoms with van der Waals surface area (Å²) in [5.41, 5.74) is 0.557. The molecule has 0 aliphatic carbocycles. The Morgan fingerprint density at radius 3 is 2.44 bits per heavy atom. The molecule has 2 heterocycles. The van der Waals surface area contributed by atoms with Crippen LogP contribution in [0.5, 0.6) is 0 Å². The molecule has 2 saturated heterocycles. The van der Waals surface area contributed by atoms with Gasteiger partial charge in [-0.25, -0.2) is 4.39 Å². The molecular formula is C23H33FN4O4. The lowest BCUT2D eigenvalue weighted by molar-refractivity contribution is -0.140. The SMILES string of the molecule is CCC(C)C(NC(=O)C1CC(=O)N(c2ccc(F)cc2)C1)C(=O)N1CCN(CCO)CC1. The van der Waals surface area contributed by atoms with Crippen LogP contribution >= 0.6 is 0 Å². The molecule has 2 fully saturated rings. The number of aliphatic hydroxyl groups is 1. The first kappa shape index (κ1) is 24.1. The lowest BCUT2D eigenvalue weighted by Gasteiger charge is -2.37. The number of amides is 3. The maximum absolute atomic E-state index is 13.2. The van der Waals surface area contributed by atoms with Gasteiger partial charge in [-0.1, -0.05) is 20.3 Å². The molecule has 3 amide bonds. The summed E-state index contributed by atoms with van der Waals surface area (Å²) in [5, 5.41) is 12.0. The Labute approximate surface area is 188 Å². The van der Waals surface area contributed by atoms with Crippen molar-refractivity contribution in [2.24, 2.45) is 11.8 Å². The highest BCUT2D eigenvalue weighted by Gasteiger charge is 2.38. The van der Waals surface area contributed by atoms with E-state index in [-0.39, 0.29) is 49.0 Å². The van der Waals surface area contributed by atoms with E-state index in [2.05, 4.69) is 10.2 Å². The van der Waals surface area contributed by atoms with Crippen molar-refractivity contribution >= 4 is 23.4 Å². The predicted molar refractivity (Wildman–Crippen MR) is 118 cm³/mol. The second kappa shape index (κ2) is 10.9. The number of halogens is 1. The Kier molecular flexibility index (Phi) is 8.20. The van der Waals surface area contributed by atoms with Crippen LogP contribution in [0.4, 0.5) is 10.1 Å². The van der Waals surface area contributed by atoms with E-state index in [9.17, 15) is 18.8 Å². The van der Waals surface area contributed by atoms with E-state index in [1.54, 1.807) is 4.90 Å². The highest BCUT2D eigenvalue weighted by molar-refractivity contribution is 6.01. The molecule has 0 bridgehead atoms. The average Bonchev–Trinajstić information content (AvgIpc) is 3.19. The van der Waals surface area contributed by atoms with Crippen molar-refractivity contribution in [3.8, 4) is 0 Å². The van der Waals surface area contributed by atoms with Crippen molar-refractivity contribution in [3.63, 3.8) is 0 Å². The molecule has 3 rings (SSSR count). The van der Waals surface area contributed by atoms with Crippen molar-refractivity contribution < 1.29 is 23.9 Å². The molecule has 2 aliphatic heterocycles. The van der Waals surface area contributed by atoms with Gasteiger partial charge in [0.2, 0.25) is 17.7 Å². The fraction of sp³-hybridized carbons (Fsp3) is 0.609. The molecule has 0 radical (unpaired) electrons. The van der Waals surface area contributed by atoms with E-state index in [4.69, 9.17) is 5.11 Å². The van der Waals surface area contributed by atoms with E-state index >= 15 is 0 Å². The Morgan fingerprint density at radius 2 is 1.84 bits per heavy atom. The van der Waals surface area contributed by atoms with Crippen LogP contribution in [0.3, 0.4) is 0 Å². The van der Waals surface area contributed by atoms with Gasteiger partial charge in [-0.15, -0.1) is 0 Å². The van der Waals surface area contributed by atoms with E-state index in [1.165, 1.54) is 29.2 Å². The van der Waals surface area contributed by atoms with Gasteiger partial charge in [0, 0.05) is 51.4 Å². The molecule has 2 N–H and O–H groups in total. The van der Waals surface area contributed by atoms with Crippen LogP contribution in [0.25, 0.3) is 0 Å². The Morgan fingerprint density at radius 1 is 1.19 bits per heavy atom. The molecule has 1 aromatic carbocycles. The topological polar surface area (TPSA) is 93.2 Å². The molecule has 176 valence electrons. The summed E-state index contributed by atoms with van der Waals surface area (Å²) < 4.78 is 13.2. The monoisotopic (exact) mass is 448 g/mol. The number of hydrogen-bond donors (Lipinski definition) is 2. The fourth-order valence-corrected chi connectivity index (χ4v) is 4.24. The summed E-state index contributed by atoms with van der Waals surface area (Å²) in [6, 6.07) is 4.97. The van der Waals surface area contributed by atoms with E-state index in [0.29, 0.717) is 38.4 Å². The number of benzene rings is 1. The van der Waals surface area contributed by atoms with Crippen molar-refractivity contribution in [1.29, 1.82) is 0 Å². The van der Waals surface area contributed by atoms with Crippen molar-refractivity contribution in [2.45, 2.75) is 32.7 Å². The Hall–Kier alpha value is -2.52. The summed E-state index contributed by atoms with van der Waals surface area (Å²) in [6.45, 7) is 7.30. The van der Waals surface area contributed by atoms with E-state index in [0.717, 1.165) is 6.42 Å². The van der Waals surface area contributed by atoms with Crippen LogP contribution in [0.1, 0.15) is 26.7 Å². The van der Waals surface area contributed by atoms with Gasteiger partial charge in [-0.3, -0.25) is 19.3 Å². The molecule has 3 unspecified atom stereocenters. The fourth-order valence-electron chi connectivity index (χ4n) is 4.24. The lowest BCUT2D eigenvalue weighted by atomic mass is 9.96. The van der Waals surface area contributed by atoms with Gasteiger partial charge >= 0.3 is 0 Å². The highest BCUT2D eigenvalue weighted by atomic mass is 19.1. The van der Waals surface area contributed by atoms with Crippen LogP contribution in [-0.4, -0.2) is 84.5 Å². The molecule has 0 saturated carbocycles. The first-order valence-corrected chi connectivity index (χ1v) is 11.3. The largest absolute Gasteiger partial charge is 0.395 e. The quantitative estimate of drug-likeness (QED) is 0.615. The first-order chi connectivity index (χ1) is 15.3. The standard InChI is InChI=1S/C23H33FN4O4/c1-3-16(2)21(23(32)27-10-8-26(9-11-27)12-13-29)25-22(31)17-14-20(30)28(15-17)19-6-4-18(24)5-7-19/h4-7,16-17,21,29H,3,8-15H2,1-2H3,(H,25,31). The van der Waals surface area contributed by atoms with Crippen molar-refractivity contribution in [2.75, 3.05) is 50.8 Å². The van der Waals surface area contributed by atoms with Crippen LogP contribution < -0.4 is 10.2 Å². The Balaban J connectivity index is 1.63. The summed E-state index contributed by atoms with van der Waals surface area (Å²) in [4.78, 5) is 44.1. The van der Waals surface area contributed by atoms with Crippen LogP contribution in [-0.2, 0) is 14.4 Å². The average molecular weight is 449 g/mol. The number of rotatable bonds is 8. The summed E-state index contributed by atoms with van der Waals surface area (Å²) >= 11 is 0. The van der Waals surface area contributed by atoms with Gasteiger partial charge in [-0.05, 0) is 30.2 Å². The minimum Gasteiger partial charge on any atom is -0.395 e. The number of nitrogens with zero attached hydrogens (tertiary/aromatic N) is 3. The zero-order chi connectivity index (χ0) is 23.3. The highest BCUT2D eigenvalue weighted by Crippen LogP contribution is 2.26. The van der Waals surface area contributed by atoms with E-state index < -0.39 is 12.0 Å². The number of nitrogens with one attached hydrogen (secondary N) is 1. The molecular weight excluding hydrogens is 415 g/mol. The number of β-amino-alcohol motifs (C(OH)–C–C–N with tert-alkyl or cyclic N) is 1. The molecule has 0 aromatic heterocycles. The first-order valence-electron chi connectivity index (χ1n) is 11.3. The third kappa shape index (κ3) is 5.63. The molecule has 9 heteroatoms. The van der Waals surface area contributed by atoms with Gasteiger partial charge < -0.3 is 20.2 Å². The Bertz CT molecular complexity index is 811. The summed E-state index contributed by atoms with van der Waals surface area (Å²) in [7, 11) is 0. The predicted octanol–water partition coefficient (Wildman–Crippen LogP) is 0.846. The van der Waals surface area contributed by atoms with Gasteiger partial charge in [0.25, 0.3) is 0 Å². The molecule has 3 atom stereocenters. The molecule has 8 nitrogen and oxygen atoms in total. The van der Waals surface area contributed by atoms with Crippen molar-refractivity contribution in [3.05, 3.63) is 30.1 Å². The number of piperazine rings is 1. The molecule has 0 spiro atoms. The minimum absolute atomic E-state index is 0.0489. The lowest BCUT2D eigenvalue weighted by Crippen LogP contribution is -2.57. The third-order valence-corrected chi connectivity index (χ3v) is 6.51. The number of carbonyl (C=O) groups excluding carboxylic acids is 3. The normalized spacial score (nSPS) is 21.5. The maximum Gasteiger partial charge on any atom is 0.245 e. The van der Waals surface area contributed by atoms with Gasteiger partial charge in [0.15, 0.2) is 0 Å². The zero-order valence-electron chi connectivity index (χ0n) is 18.8. The molecule has 32 heavy (non-hydrogen) atoms. The summed E-state index contributed by atoms with van der Waals surface area (Å²) in [6.07, 6.45) is 0.789. The molecule has 1 aromatic rings. The smallest absolute Gasteiger partial charge is 0.245 e. The third-order valence-electron chi connectivity index (χ3n) is 6.51. The number of aliphatic hydroxyl groups excluding tert-OH is 1. The number of hydrogen-bond acceptors (Lipinski definition) is 5. The summed E-state index contributed by atoms with van der Waals surface area (Å²) in [5.74, 6) is -1.60. The van der Waals surface area contributed by atoms with Gasteiger partial charge in [0.05, 0.1) is 12.5 Å². The van der Waals surface area contributed by atoms with Crippen LogP contribution in [0.15, 0.2) is 24.3 Å². The number of anilines is 1. The van der Waals surface area contributed by atoms with Crippen LogP contribution in [0.2, 0.25) is 0 Å². The maximum atomic E-state index is 13.2. The second-order valence-corrected chi connectivity index (χ2v) is 8.64. The van der Waals surface area contributed by atoms with E-state index in [1.807, 2.05) is 13.8 Å². The molecule has 2 aliphatic rings. The number of carbonyl (C=O) groups is 3. The van der Waals surface area contributed by atoms with Gasteiger partial charge in [-0.2, -0.15) is 0 Å². The van der Waals surface area contributed by atoms with Crippen molar-refractivity contribution in [1.82, 2.24) is 15.1 Å². The zero-order valence-corrected chi connectivity index (χ0v) is 18.8. The van der Waals surface area contributed by atoms with Gasteiger partial charge in [0.1, 0.15) is 11.9 Å². The van der Waals surface area contributed by atoms with Crippen LogP contribution in [0, 0.1) is 17.7 Å². The second-order valence-electron chi connectivity index (χ2n) is 8.64. The minimum atomic E-state index is -0.646.